The van der Waals surface area contributed by atoms with E-state index in [0.29, 0.717) is 24.7 Å². The normalized spacial score (nSPS) is 18.8. The van der Waals surface area contributed by atoms with E-state index in [1.54, 1.807) is 9.58 Å². The van der Waals surface area contributed by atoms with Gasteiger partial charge in [0.15, 0.2) is 0 Å². The Labute approximate surface area is 126 Å². The van der Waals surface area contributed by atoms with Gasteiger partial charge in [0.05, 0.1) is 17.7 Å². The Morgan fingerprint density at radius 2 is 2.33 bits per heavy atom. The fourth-order valence-corrected chi connectivity index (χ4v) is 2.83. The van der Waals surface area contributed by atoms with Crippen molar-refractivity contribution in [2.24, 2.45) is 11.8 Å². The van der Waals surface area contributed by atoms with Gasteiger partial charge in [0.25, 0.3) is 5.91 Å². The number of nitriles is 1. The minimum Gasteiger partial charge on any atom is -0.336 e. The number of piperidine rings is 1. The van der Waals surface area contributed by atoms with E-state index >= 15 is 0 Å². The highest BCUT2D eigenvalue weighted by Crippen LogP contribution is 2.19. The molecule has 21 heavy (non-hydrogen) atoms. The van der Waals surface area contributed by atoms with Gasteiger partial charge in [0.2, 0.25) is 0 Å². The number of hydrogen-bond donors (Lipinski definition) is 0. The number of carbonyl (C=O) groups excluding carboxylic acids is 1. The van der Waals surface area contributed by atoms with Gasteiger partial charge in [-0.3, -0.25) is 9.48 Å². The maximum Gasteiger partial charge on any atom is 0.272 e. The summed E-state index contributed by atoms with van der Waals surface area (Å²) in [7, 11) is 0. The topological polar surface area (TPSA) is 61.9 Å². The third-order valence-electron chi connectivity index (χ3n) is 3.86. The predicted octanol–water partition coefficient (Wildman–Crippen LogP) is 2.48. The van der Waals surface area contributed by atoms with Gasteiger partial charge in [-0.2, -0.15) is 10.4 Å². The molecule has 0 unspecified atom stereocenters. The van der Waals surface area contributed by atoms with Gasteiger partial charge in [0.1, 0.15) is 5.69 Å². The van der Waals surface area contributed by atoms with Crippen molar-refractivity contribution in [3.05, 3.63) is 17.5 Å². The van der Waals surface area contributed by atoms with Crippen LogP contribution in [0.2, 0.25) is 0 Å². The van der Waals surface area contributed by atoms with Crippen molar-refractivity contribution in [2.75, 3.05) is 13.1 Å². The van der Waals surface area contributed by atoms with E-state index in [2.05, 4.69) is 25.0 Å². The zero-order valence-electron chi connectivity index (χ0n) is 13.2. The van der Waals surface area contributed by atoms with Crippen LogP contribution in [0.4, 0.5) is 0 Å². The quantitative estimate of drug-likeness (QED) is 0.855. The highest BCUT2D eigenvalue weighted by atomic mass is 16.2. The Balaban J connectivity index is 2.18. The summed E-state index contributed by atoms with van der Waals surface area (Å²) in [6, 6.07) is 4.20. The van der Waals surface area contributed by atoms with Crippen LogP contribution in [-0.4, -0.2) is 33.7 Å². The molecule has 1 saturated heterocycles. The van der Waals surface area contributed by atoms with Crippen molar-refractivity contribution >= 4 is 5.91 Å². The molecule has 5 nitrogen and oxygen atoms in total. The van der Waals surface area contributed by atoms with Crippen molar-refractivity contribution in [3.63, 3.8) is 0 Å². The third kappa shape index (κ3) is 3.63. The Kier molecular flexibility index (Phi) is 5.00. The van der Waals surface area contributed by atoms with E-state index in [9.17, 15) is 4.79 Å². The van der Waals surface area contributed by atoms with E-state index in [0.717, 1.165) is 31.5 Å². The predicted molar refractivity (Wildman–Crippen MR) is 80.7 cm³/mol. The number of likely N-dealkylation sites (tertiary alicyclic amines) is 1. The van der Waals surface area contributed by atoms with E-state index in [1.165, 1.54) is 0 Å². The molecule has 5 heteroatoms. The lowest BCUT2D eigenvalue weighted by Gasteiger charge is -2.29. The number of aryl methyl sites for hydroxylation is 1. The summed E-state index contributed by atoms with van der Waals surface area (Å²) in [6.45, 7) is 8.27. The lowest BCUT2D eigenvalue weighted by atomic mass is 9.99. The van der Waals surface area contributed by atoms with E-state index in [1.807, 2.05) is 13.0 Å². The molecule has 0 radical (unpaired) electrons. The fourth-order valence-electron chi connectivity index (χ4n) is 2.83. The van der Waals surface area contributed by atoms with Crippen molar-refractivity contribution in [1.29, 1.82) is 5.26 Å². The molecule has 0 aliphatic carbocycles. The summed E-state index contributed by atoms with van der Waals surface area (Å²) in [5.41, 5.74) is 1.63. The lowest BCUT2D eigenvalue weighted by Crippen LogP contribution is -2.40. The van der Waals surface area contributed by atoms with Gasteiger partial charge in [-0.25, -0.2) is 0 Å². The molecule has 1 atom stereocenters. The zero-order valence-corrected chi connectivity index (χ0v) is 13.2. The number of aromatic nitrogens is 2. The Morgan fingerprint density at radius 1 is 1.57 bits per heavy atom. The van der Waals surface area contributed by atoms with Crippen LogP contribution in [0.5, 0.6) is 0 Å². The molecular weight excluding hydrogens is 264 g/mol. The number of hydrogen-bond acceptors (Lipinski definition) is 3. The molecule has 1 fully saturated rings. The van der Waals surface area contributed by atoms with Crippen LogP contribution in [0.1, 0.15) is 49.8 Å². The average Bonchev–Trinajstić information content (AvgIpc) is 2.88. The summed E-state index contributed by atoms with van der Waals surface area (Å²) in [4.78, 5) is 14.5. The maximum absolute atomic E-state index is 12.7. The van der Waals surface area contributed by atoms with Crippen molar-refractivity contribution in [2.45, 2.75) is 46.6 Å². The molecule has 1 aromatic heterocycles. The van der Waals surface area contributed by atoms with Crippen LogP contribution in [0.25, 0.3) is 0 Å². The molecule has 0 aromatic carbocycles. The number of rotatable bonds is 4. The van der Waals surface area contributed by atoms with Gasteiger partial charge < -0.3 is 4.90 Å². The van der Waals surface area contributed by atoms with Crippen molar-refractivity contribution in [1.82, 2.24) is 14.7 Å². The van der Waals surface area contributed by atoms with Crippen LogP contribution in [0.3, 0.4) is 0 Å². The highest BCUT2D eigenvalue weighted by molar-refractivity contribution is 5.92. The van der Waals surface area contributed by atoms with Gasteiger partial charge >= 0.3 is 0 Å². The number of amides is 1. The second-order valence-electron chi connectivity index (χ2n) is 6.15. The smallest absolute Gasteiger partial charge is 0.272 e. The summed E-state index contributed by atoms with van der Waals surface area (Å²) >= 11 is 0. The largest absolute Gasteiger partial charge is 0.336 e. The Bertz CT molecular complexity index is 541. The van der Waals surface area contributed by atoms with Gasteiger partial charge in [-0.05, 0) is 38.2 Å². The van der Waals surface area contributed by atoms with Gasteiger partial charge in [-0.15, -0.1) is 0 Å². The summed E-state index contributed by atoms with van der Waals surface area (Å²) < 4.78 is 1.79. The molecule has 1 amide bonds. The Hall–Kier alpha value is -1.83. The number of carbonyl (C=O) groups is 1. The van der Waals surface area contributed by atoms with E-state index < -0.39 is 0 Å². The first kappa shape index (κ1) is 15.6. The standard InChI is InChI=1S/C16H24N4O/c1-4-20-15(9-14(18-20)8-12(2)3)16(21)19-7-5-6-13(10-17)11-19/h9,12-13H,4-8,11H2,1-3H3/t13-/m1/s1. The first-order chi connectivity index (χ1) is 10.0. The Morgan fingerprint density at radius 3 is 2.95 bits per heavy atom. The molecule has 0 saturated carbocycles. The lowest BCUT2D eigenvalue weighted by molar-refractivity contribution is 0.0686. The molecule has 2 rings (SSSR count). The van der Waals surface area contributed by atoms with Crippen LogP contribution >= 0.6 is 0 Å². The molecule has 114 valence electrons. The molecular formula is C16H24N4O. The molecule has 2 heterocycles. The zero-order chi connectivity index (χ0) is 15.4. The summed E-state index contributed by atoms with van der Waals surface area (Å²) in [5, 5.41) is 13.6. The molecule has 1 aliphatic heterocycles. The third-order valence-corrected chi connectivity index (χ3v) is 3.86. The summed E-state index contributed by atoms with van der Waals surface area (Å²) in [5.74, 6) is 0.501. The second-order valence-corrected chi connectivity index (χ2v) is 6.15. The van der Waals surface area contributed by atoms with Crippen molar-refractivity contribution in [3.8, 4) is 6.07 Å². The highest BCUT2D eigenvalue weighted by Gasteiger charge is 2.26. The van der Waals surface area contributed by atoms with Crippen LogP contribution in [-0.2, 0) is 13.0 Å². The van der Waals surface area contributed by atoms with E-state index in [4.69, 9.17) is 5.26 Å². The fraction of sp³-hybridized carbons (Fsp3) is 0.688. The summed E-state index contributed by atoms with van der Waals surface area (Å²) in [6.07, 6.45) is 2.68. The monoisotopic (exact) mass is 288 g/mol. The van der Waals surface area contributed by atoms with Gasteiger partial charge in [-0.1, -0.05) is 13.8 Å². The first-order valence-electron chi connectivity index (χ1n) is 7.80. The molecule has 1 aliphatic rings. The second kappa shape index (κ2) is 6.75. The van der Waals surface area contributed by atoms with E-state index in [-0.39, 0.29) is 11.8 Å². The molecule has 1 aromatic rings. The molecule has 0 spiro atoms. The minimum atomic E-state index is -0.0316. The number of nitrogens with zero attached hydrogens (tertiary/aromatic N) is 4. The SMILES string of the molecule is CCn1nc(CC(C)C)cc1C(=O)N1CCC[C@H](C#N)C1. The van der Waals surface area contributed by atoms with Crippen LogP contribution in [0.15, 0.2) is 6.07 Å². The molecule has 0 N–H and O–H groups in total. The van der Waals surface area contributed by atoms with Crippen LogP contribution in [0, 0.1) is 23.2 Å². The first-order valence-corrected chi connectivity index (χ1v) is 7.80. The minimum absolute atomic E-state index is 0.0132. The average molecular weight is 288 g/mol. The van der Waals surface area contributed by atoms with Crippen molar-refractivity contribution < 1.29 is 4.79 Å². The van der Waals surface area contributed by atoms with Gasteiger partial charge in [0, 0.05) is 19.6 Å². The molecule has 0 bridgehead atoms. The van der Waals surface area contributed by atoms with Crippen LogP contribution < -0.4 is 0 Å². The maximum atomic E-state index is 12.7.